The van der Waals surface area contributed by atoms with Crippen LogP contribution in [-0.2, 0) is 14.8 Å². The molecule has 0 saturated carbocycles. The van der Waals surface area contributed by atoms with Crippen molar-refractivity contribution in [1.29, 1.82) is 0 Å². The largest absolute Gasteiger partial charge is 0.379 e. The second-order valence-electron chi connectivity index (χ2n) is 4.23. The number of aromatic amines is 1. The lowest BCUT2D eigenvalue weighted by atomic mass is 10.3. The number of H-pyrrole nitrogens is 1. The van der Waals surface area contributed by atoms with E-state index in [1.807, 2.05) is 6.07 Å². The first-order chi connectivity index (χ1) is 9.09. The summed E-state index contributed by atoms with van der Waals surface area (Å²) in [5.74, 6) is 0. The van der Waals surface area contributed by atoms with Crippen molar-refractivity contribution in [2.45, 2.75) is 5.03 Å². The molecule has 1 aliphatic heterocycles. The van der Waals surface area contributed by atoms with Crippen LogP contribution in [-0.4, -0.2) is 49.2 Å². The molecule has 19 heavy (non-hydrogen) atoms. The standard InChI is InChI=1S/C11H12BrN3O3S/c12-8-1-2-10-9(7-8)11(14-13-10)19(16,17)15-3-5-18-6-4-15/h1-2,7H,3-6H2,(H,13,14). The fourth-order valence-electron chi connectivity index (χ4n) is 2.07. The zero-order valence-electron chi connectivity index (χ0n) is 9.97. The summed E-state index contributed by atoms with van der Waals surface area (Å²) in [5.41, 5.74) is 0.634. The van der Waals surface area contributed by atoms with Gasteiger partial charge in [0.05, 0.1) is 18.7 Å². The van der Waals surface area contributed by atoms with Gasteiger partial charge in [-0.25, -0.2) is 8.42 Å². The minimum absolute atomic E-state index is 0.144. The van der Waals surface area contributed by atoms with Gasteiger partial charge < -0.3 is 4.74 Å². The highest BCUT2D eigenvalue weighted by Crippen LogP contribution is 2.26. The number of benzene rings is 1. The normalized spacial score (nSPS) is 17.9. The number of rotatable bonds is 2. The molecule has 0 bridgehead atoms. The van der Waals surface area contributed by atoms with E-state index in [2.05, 4.69) is 26.1 Å². The van der Waals surface area contributed by atoms with Crippen molar-refractivity contribution >= 4 is 36.9 Å². The van der Waals surface area contributed by atoms with Crippen molar-refractivity contribution in [3.8, 4) is 0 Å². The SMILES string of the molecule is O=S(=O)(c1[nH]nc2ccc(Br)cc12)N1CCOCC1. The molecule has 0 unspecified atom stereocenters. The van der Waals surface area contributed by atoms with Crippen molar-refractivity contribution in [3.63, 3.8) is 0 Å². The number of hydrogen-bond donors (Lipinski definition) is 1. The molecule has 1 N–H and O–H groups in total. The molecular weight excluding hydrogens is 334 g/mol. The molecule has 0 spiro atoms. The second-order valence-corrected chi connectivity index (χ2v) is 7.02. The Morgan fingerprint density at radius 3 is 2.79 bits per heavy atom. The molecule has 2 aromatic rings. The summed E-state index contributed by atoms with van der Waals surface area (Å²) in [6, 6.07) is 5.36. The fraction of sp³-hybridized carbons (Fsp3) is 0.364. The van der Waals surface area contributed by atoms with Crippen LogP contribution < -0.4 is 0 Å². The topological polar surface area (TPSA) is 75.3 Å². The van der Waals surface area contributed by atoms with E-state index in [0.29, 0.717) is 37.2 Å². The lowest BCUT2D eigenvalue weighted by molar-refractivity contribution is 0.0729. The maximum absolute atomic E-state index is 12.6. The van der Waals surface area contributed by atoms with Gasteiger partial charge in [0.25, 0.3) is 10.0 Å². The highest BCUT2D eigenvalue weighted by Gasteiger charge is 2.29. The number of nitrogens with zero attached hydrogens (tertiary/aromatic N) is 2. The Bertz CT molecular complexity index is 707. The average Bonchev–Trinajstić information content (AvgIpc) is 2.83. The minimum Gasteiger partial charge on any atom is -0.379 e. The molecule has 102 valence electrons. The summed E-state index contributed by atoms with van der Waals surface area (Å²) in [4.78, 5) is 0. The number of morpholine rings is 1. The molecule has 1 saturated heterocycles. The molecule has 0 radical (unpaired) electrons. The van der Waals surface area contributed by atoms with Crippen LogP contribution in [0.4, 0.5) is 0 Å². The van der Waals surface area contributed by atoms with E-state index in [4.69, 9.17) is 4.74 Å². The van der Waals surface area contributed by atoms with Crippen molar-refractivity contribution in [2.75, 3.05) is 26.3 Å². The number of nitrogens with one attached hydrogen (secondary N) is 1. The number of hydrogen-bond acceptors (Lipinski definition) is 4. The van der Waals surface area contributed by atoms with Crippen LogP contribution >= 0.6 is 15.9 Å². The van der Waals surface area contributed by atoms with E-state index < -0.39 is 10.0 Å². The van der Waals surface area contributed by atoms with Gasteiger partial charge in [0.1, 0.15) is 0 Å². The van der Waals surface area contributed by atoms with Crippen LogP contribution in [0, 0.1) is 0 Å². The predicted molar refractivity (Wildman–Crippen MR) is 73.4 cm³/mol. The third kappa shape index (κ3) is 2.29. The number of aromatic nitrogens is 2. The average molecular weight is 346 g/mol. The Labute approximate surface area is 118 Å². The minimum atomic E-state index is -3.55. The molecule has 8 heteroatoms. The van der Waals surface area contributed by atoms with Gasteiger partial charge in [0.2, 0.25) is 0 Å². The lowest BCUT2D eigenvalue weighted by Gasteiger charge is -2.25. The third-order valence-corrected chi connectivity index (χ3v) is 5.41. The van der Waals surface area contributed by atoms with Crippen molar-refractivity contribution in [2.24, 2.45) is 0 Å². The fourth-order valence-corrected chi connectivity index (χ4v) is 3.92. The molecule has 2 heterocycles. The Balaban J connectivity index is 2.10. The van der Waals surface area contributed by atoms with E-state index in [1.165, 1.54) is 4.31 Å². The predicted octanol–water partition coefficient (Wildman–Crippen LogP) is 1.35. The molecule has 1 fully saturated rings. The van der Waals surface area contributed by atoms with E-state index in [-0.39, 0.29) is 5.03 Å². The zero-order valence-corrected chi connectivity index (χ0v) is 12.4. The van der Waals surface area contributed by atoms with E-state index in [0.717, 1.165) is 4.47 Å². The van der Waals surface area contributed by atoms with Gasteiger partial charge in [0.15, 0.2) is 5.03 Å². The summed E-state index contributed by atoms with van der Waals surface area (Å²) < 4.78 is 32.5. The van der Waals surface area contributed by atoms with Crippen LogP contribution in [0.3, 0.4) is 0 Å². The summed E-state index contributed by atoms with van der Waals surface area (Å²) in [5, 5.41) is 7.42. The molecule has 0 amide bonds. The molecule has 1 aromatic heterocycles. The van der Waals surface area contributed by atoms with E-state index >= 15 is 0 Å². The zero-order chi connectivity index (χ0) is 13.5. The maximum atomic E-state index is 12.6. The molecule has 1 aromatic carbocycles. The van der Waals surface area contributed by atoms with Crippen molar-refractivity contribution in [3.05, 3.63) is 22.7 Å². The van der Waals surface area contributed by atoms with Crippen LogP contribution in [0.1, 0.15) is 0 Å². The Kier molecular flexibility index (Phi) is 3.34. The first-order valence-electron chi connectivity index (χ1n) is 5.80. The van der Waals surface area contributed by atoms with Gasteiger partial charge in [-0.15, -0.1) is 0 Å². The van der Waals surface area contributed by atoms with Gasteiger partial charge in [-0.3, -0.25) is 5.10 Å². The summed E-state index contributed by atoms with van der Waals surface area (Å²) >= 11 is 3.34. The summed E-state index contributed by atoms with van der Waals surface area (Å²) in [6.45, 7) is 1.59. The van der Waals surface area contributed by atoms with Gasteiger partial charge in [-0.1, -0.05) is 15.9 Å². The Hall–Kier alpha value is -0.960. The number of fused-ring (bicyclic) bond motifs is 1. The number of sulfonamides is 1. The Morgan fingerprint density at radius 2 is 2.05 bits per heavy atom. The highest BCUT2D eigenvalue weighted by molar-refractivity contribution is 9.10. The monoisotopic (exact) mass is 345 g/mol. The molecule has 0 aliphatic carbocycles. The van der Waals surface area contributed by atoms with Gasteiger partial charge in [-0.2, -0.15) is 9.40 Å². The van der Waals surface area contributed by atoms with Crippen LogP contribution in [0.25, 0.3) is 10.9 Å². The molecule has 1 aliphatic rings. The smallest absolute Gasteiger partial charge is 0.260 e. The summed E-state index contributed by atoms with van der Waals surface area (Å²) in [6.07, 6.45) is 0. The van der Waals surface area contributed by atoms with E-state index in [9.17, 15) is 8.42 Å². The van der Waals surface area contributed by atoms with Crippen LogP contribution in [0.5, 0.6) is 0 Å². The van der Waals surface area contributed by atoms with Crippen molar-refractivity contribution < 1.29 is 13.2 Å². The van der Waals surface area contributed by atoms with Crippen LogP contribution in [0.2, 0.25) is 0 Å². The highest BCUT2D eigenvalue weighted by atomic mass is 79.9. The van der Waals surface area contributed by atoms with Gasteiger partial charge >= 0.3 is 0 Å². The maximum Gasteiger partial charge on any atom is 0.260 e. The number of ether oxygens (including phenoxy) is 1. The molecule has 6 nitrogen and oxygen atoms in total. The second kappa shape index (κ2) is 4.86. The van der Waals surface area contributed by atoms with Crippen LogP contribution in [0.15, 0.2) is 27.7 Å². The molecule has 0 atom stereocenters. The number of halogens is 1. The first kappa shape index (κ1) is 13.0. The quantitative estimate of drug-likeness (QED) is 0.891. The summed E-state index contributed by atoms with van der Waals surface area (Å²) in [7, 11) is -3.55. The van der Waals surface area contributed by atoms with Gasteiger partial charge in [-0.05, 0) is 18.2 Å². The lowest BCUT2D eigenvalue weighted by Crippen LogP contribution is -2.40. The van der Waals surface area contributed by atoms with Crippen molar-refractivity contribution in [1.82, 2.24) is 14.5 Å². The van der Waals surface area contributed by atoms with Gasteiger partial charge in [0, 0.05) is 22.9 Å². The third-order valence-electron chi connectivity index (χ3n) is 3.05. The molecular formula is C11H12BrN3O3S. The van der Waals surface area contributed by atoms with E-state index in [1.54, 1.807) is 12.1 Å². The Morgan fingerprint density at radius 1 is 1.32 bits per heavy atom. The molecule has 3 rings (SSSR count). The first-order valence-corrected chi connectivity index (χ1v) is 8.04.